The van der Waals surface area contributed by atoms with E-state index >= 15 is 0 Å². The zero-order valence-electron chi connectivity index (χ0n) is 12.3. The summed E-state index contributed by atoms with van der Waals surface area (Å²) in [5, 5.41) is 0. The second-order valence-electron chi connectivity index (χ2n) is 6.82. The maximum Gasteiger partial charge on any atom is 0.410 e. The molecule has 1 atom stereocenters. The first-order valence-corrected chi connectivity index (χ1v) is 7.38. The van der Waals surface area contributed by atoms with Gasteiger partial charge in [-0.25, -0.2) is 4.79 Å². The Bertz CT molecular complexity index is 350. The van der Waals surface area contributed by atoms with Crippen LogP contribution in [0.1, 0.15) is 59.3 Å². The fourth-order valence-electron chi connectivity index (χ4n) is 2.14. The lowest BCUT2D eigenvalue weighted by Crippen LogP contribution is -2.40. The van der Waals surface area contributed by atoms with Crippen molar-refractivity contribution in [2.75, 3.05) is 6.54 Å². The van der Waals surface area contributed by atoms with Gasteiger partial charge in [0.05, 0.1) is 6.54 Å². The summed E-state index contributed by atoms with van der Waals surface area (Å²) in [5.74, 6) is 0.682. The molecule has 2 saturated carbocycles. The summed E-state index contributed by atoms with van der Waals surface area (Å²) in [6.45, 7) is 5.76. The van der Waals surface area contributed by atoms with Gasteiger partial charge in [-0.1, -0.05) is 19.3 Å². The molecule has 4 heteroatoms. The molecule has 0 spiro atoms. The highest BCUT2D eigenvalue weighted by molar-refractivity contribution is 5.88. The van der Waals surface area contributed by atoms with Gasteiger partial charge in [0.15, 0.2) is 5.78 Å². The first-order chi connectivity index (χ1) is 8.87. The van der Waals surface area contributed by atoms with Gasteiger partial charge in [0.1, 0.15) is 5.60 Å². The molecule has 2 aliphatic carbocycles. The monoisotopic (exact) mass is 267 g/mol. The van der Waals surface area contributed by atoms with E-state index in [0.717, 1.165) is 12.8 Å². The molecule has 0 aromatic carbocycles. The third-order valence-electron chi connectivity index (χ3n) is 3.33. The largest absolute Gasteiger partial charge is 0.444 e. The number of rotatable bonds is 1. The molecular formula is C15H25NO3. The Balaban J connectivity index is 0.000000390. The molecule has 1 saturated heterocycles. The highest BCUT2D eigenvalue weighted by Crippen LogP contribution is 2.39. The number of nitrogens with zero attached hydrogens (tertiary/aromatic N) is 1. The normalized spacial score (nSPS) is 25.7. The van der Waals surface area contributed by atoms with Crippen LogP contribution in [0.15, 0.2) is 0 Å². The van der Waals surface area contributed by atoms with E-state index in [-0.39, 0.29) is 24.5 Å². The van der Waals surface area contributed by atoms with Crippen molar-refractivity contribution in [1.82, 2.24) is 4.90 Å². The van der Waals surface area contributed by atoms with E-state index in [0.29, 0.717) is 12.3 Å². The predicted octanol–water partition coefficient (Wildman–Crippen LogP) is 3.15. The fraction of sp³-hybridized carbons (Fsp3) is 0.867. The van der Waals surface area contributed by atoms with Gasteiger partial charge in [-0.2, -0.15) is 0 Å². The maximum atomic E-state index is 11.9. The predicted molar refractivity (Wildman–Crippen MR) is 72.9 cm³/mol. The molecule has 3 aliphatic rings. The van der Waals surface area contributed by atoms with Crippen molar-refractivity contribution in [3.8, 4) is 0 Å². The number of amides is 1. The summed E-state index contributed by atoms with van der Waals surface area (Å²) in [7, 11) is 0. The molecule has 1 amide bonds. The summed E-state index contributed by atoms with van der Waals surface area (Å²) in [6.07, 6.45) is 6.95. The van der Waals surface area contributed by atoms with E-state index in [4.69, 9.17) is 4.74 Å². The molecule has 0 bridgehead atoms. The lowest BCUT2D eigenvalue weighted by Gasteiger charge is -2.27. The number of hydrogen-bond donors (Lipinski definition) is 0. The first-order valence-electron chi connectivity index (χ1n) is 7.38. The Morgan fingerprint density at radius 3 is 2.21 bits per heavy atom. The Morgan fingerprint density at radius 1 is 1.21 bits per heavy atom. The number of carbonyl (C=O) groups excluding carboxylic acids is 2. The van der Waals surface area contributed by atoms with Gasteiger partial charge in [-0.05, 0) is 39.5 Å². The first kappa shape index (κ1) is 14.4. The Labute approximate surface area is 115 Å². The zero-order valence-corrected chi connectivity index (χ0v) is 12.3. The second kappa shape index (κ2) is 5.51. The molecule has 0 aromatic heterocycles. The SMILES string of the molecule is C1CC1.CC(C)(C)OC(=O)N1CC(=O)CC1C1CC1. The van der Waals surface area contributed by atoms with E-state index in [1.807, 2.05) is 20.8 Å². The van der Waals surface area contributed by atoms with Crippen molar-refractivity contribution >= 4 is 11.9 Å². The summed E-state index contributed by atoms with van der Waals surface area (Å²) in [5.41, 5.74) is -0.489. The summed E-state index contributed by atoms with van der Waals surface area (Å²) < 4.78 is 5.31. The lowest BCUT2D eigenvalue weighted by molar-refractivity contribution is -0.117. The minimum atomic E-state index is -0.489. The molecule has 0 aromatic rings. The molecule has 3 rings (SSSR count). The summed E-state index contributed by atoms with van der Waals surface area (Å²) in [4.78, 5) is 24.9. The molecule has 1 unspecified atom stereocenters. The van der Waals surface area contributed by atoms with Crippen LogP contribution >= 0.6 is 0 Å². The Hall–Kier alpha value is -1.06. The standard InChI is InChI=1S/C12H19NO3.C3H6/c1-12(2,3)16-11(15)13-7-9(14)6-10(13)8-4-5-8;1-2-3-1/h8,10H,4-7H2,1-3H3;1-3H2. The Kier molecular flexibility index (Phi) is 4.16. The summed E-state index contributed by atoms with van der Waals surface area (Å²) in [6, 6.07) is 0.0994. The average molecular weight is 267 g/mol. The number of Topliss-reactive ketones (excluding diaryl/α,β-unsaturated/α-hetero) is 1. The van der Waals surface area contributed by atoms with Crippen LogP contribution in [0.5, 0.6) is 0 Å². The molecule has 108 valence electrons. The van der Waals surface area contributed by atoms with Crippen molar-refractivity contribution in [3.05, 3.63) is 0 Å². The van der Waals surface area contributed by atoms with Crippen molar-refractivity contribution < 1.29 is 14.3 Å². The minimum absolute atomic E-state index is 0.0994. The van der Waals surface area contributed by atoms with E-state index in [2.05, 4.69) is 0 Å². The molecule has 1 heterocycles. The van der Waals surface area contributed by atoms with Gasteiger partial charge >= 0.3 is 6.09 Å². The van der Waals surface area contributed by atoms with Crippen molar-refractivity contribution in [2.45, 2.75) is 70.9 Å². The average Bonchev–Trinajstić information content (AvgIpc) is 3.12. The van der Waals surface area contributed by atoms with Gasteiger partial charge in [0, 0.05) is 12.5 Å². The fourth-order valence-corrected chi connectivity index (χ4v) is 2.14. The van der Waals surface area contributed by atoms with Crippen LogP contribution in [0.25, 0.3) is 0 Å². The molecule has 19 heavy (non-hydrogen) atoms. The molecular weight excluding hydrogens is 242 g/mol. The second-order valence-corrected chi connectivity index (χ2v) is 6.82. The van der Waals surface area contributed by atoms with Gasteiger partial charge in [0.2, 0.25) is 0 Å². The molecule has 4 nitrogen and oxygen atoms in total. The number of carbonyl (C=O) groups is 2. The number of ether oxygens (including phenoxy) is 1. The zero-order chi connectivity index (χ0) is 14.0. The van der Waals surface area contributed by atoms with Crippen molar-refractivity contribution in [2.24, 2.45) is 5.92 Å². The third kappa shape index (κ3) is 4.84. The van der Waals surface area contributed by atoms with Crippen LogP contribution in [0.3, 0.4) is 0 Å². The quantitative estimate of drug-likeness (QED) is 0.733. The van der Waals surface area contributed by atoms with Gasteiger partial charge in [-0.3, -0.25) is 9.69 Å². The van der Waals surface area contributed by atoms with Gasteiger partial charge in [-0.15, -0.1) is 0 Å². The van der Waals surface area contributed by atoms with Crippen LogP contribution in [-0.4, -0.2) is 35.0 Å². The molecule has 3 fully saturated rings. The van der Waals surface area contributed by atoms with E-state index in [9.17, 15) is 9.59 Å². The summed E-state index contributed by atoms with van der Waals surface area (Å²) >= 11 is 0. The van der Waals surface area contributed by atoms with Crippen LogP contribution < -0.4 is 0 Å². The minimum Gasteiger partial charge on any atom is -0.444 e. The number of hydrogen-bond acceptors (Lipinski definition) is 3. The number of ketones is 1. The molecule has 0 radical (unpaired) electrons. The van der Waals surface area contributed by atoms with Crippen LogP contribution in [0, 0.1) is 5.92 Å². The van der Waals surface area contributed by atoms with Crippen LogP contribution in [0.2, 0.25) is 0 Å². The van der Waals surface area contributed by atoms with Gasteiger partial charge in [0.25, 0.3) is 0 Å². The van der Waals surface area contributed by atoms with E-state index in [1.54, 1.807) is 4.90 Å². The van der Waals surface area contributed by atoms with Crippen LogP contribution in [-0.2, 0) is 9.53 Å². The maximum absolute atomic E-state index is 11.9. The van der Waals surface area contributed by atoms with E-state index in [1.165, 1.54) is 19.3 Å². The smallest absolute Gasteiger partial charge is 0.410 e. The highest BCUT2D eigenvalue weighted by atomic mass is 16.6. The Morgan fingerprint density at radius 2 is 1.79 bits per heavy atom. The van der Waals surface area contributed by atoms with Gasteiger partial charge < -0.3 is 4.74 Å². The van der Waals surface area contributed by atoms with Crippen molar-refractivity contribution in [3.63, 3.8) is 0 Å². The highest BCUT2D eigenvalue weighted by Gasteiger charge is 2.44. The molecule has 0 N–H and O–H groups in total. The molecule has 1 aliphatic heterocycles. The van der Waals surface area contributed by atoms with Crippen LogP contribution in [0.4, 0.5) is 4.79 Å². The third-order valence-corrected chi connectivity index (χ3v) is 3.33. The van der Waals surface area contributed by atoms with E-state index < -0.39 is 5.60 Å². The van der Waals surface area contributed by atoms with Crippen molar-refractivity contribution in [1.29, 1.82) is 0 Å². The lowest BCUT2D eigenvalue weighted by atomic mass is 10.1. The topological polar surface area (TPSA) is 46.6 Å². The number of likely N-dealkylation sites (tertiary alicyclic amines) is 1.